The number of alkyl halides is 3. The molecule has 1 aromatic carbocycles. The maximum absolute atomic E-state index is 12.7. The maximum atomic E-state index is 12.7. The molecule has 5 nitrogen and oxygen atoms in total. The Bertz CT molecular complexity index is 642. The Balaban J connectivity index is 2.15. The van der Waals surface area contributed by atoms with E-state index < -0.39 is 17.9 Å². The van der Waals surface area contributed by atoms with E-state index in [-0.39, 0.29) is 11.7 Å². The monoisotopic (exact) mass is 376 g/mol. The first-order chi connectivity index (χ1) is 11.5. The van der Waals surface area contributed by atoms with Crippen molar-refractivity contribution in [2.75, 3.05) is 6.54 Å². The number of benzene rings is 1. The zero-order valence-corrected chi connectivity index (χ0v) is 14.9. The fourth-order valence-corrected chi connectivity index (χ4v) is 3.15. The van der Waals surface area contributed by atoms with Crippen molar-refractivity contribution in [2.45, 2.75) is 50.4 Å². The number of carbonyl (C=O) groups is 2. The molecule has 1 aliphatic heterocycles. The van der Waals surface area contributed by atoms with Crippen molar-refractivity contribution in [3.05, 3.63) is 24.3 Å². The second-order valence-corrected chi connectivity index (χ2v) is 7.53. The van der Waals surface area contributed by atoms with Crippen LogP contribution < -0.4 is 4.74 Å². The summed E-state index contributed by atoms with van der Waals surface area (Å²) in [6, 6.07) is 4.81. The molecule has 25 heavy (non-hydrogen) atoms. The standard InChI is InChI=1S/C16H19F3N2O3S/c1-15(2,3)21(14(23)20-10-4-5-13(20)22)25-12-8-6-11(7-9-12)24-16(17,18)19/h6-9H,4-5,10H2,1-3H3. The largest absolute Gasteiger partial charge is 0.573 e. The van der Waals surface area contributed by atoms with Gasteiger partial charge in [-0.05, 0) is 63.4 Å². The van der Waals surface area contributed by atoms with Crippen LogP contribution in [0.4, 0.5) is 18.0 Å². The molecule has 1 fully saturated rings. The molecule has 1 heterocycles. The Kier molecular flexibility index (Phi) is 5.55. The van der Waals surface area contributed by atoms with Gasteiger partial charge in [0.1, 0.15) is 5.75 Å². The number of ether oxygens (including phenoxy) is 1. The van der Waals surface area contributed by atoms with Crippen LogP contribution in [0.25, 0.3) is 0 Å². The van der Waals surface area contributed by atoms with Crippen LogP contribution in [0.5, 0.6) is 5.75 Å². The van der Waals surface area contributed by atoms with Crippen molar-refractivity contribution in [1.82, 2.24) is 9.21 Å². The third-order valence-electron chi connectivity index (χ3n) is 3.34. The molecular formula is C16H19F3N2O3S. The molecule has 0 aromatic heterocycles. The van der Waals surface area contributed by atoms with E-state index in [1.807, 2.05) is 20.8 Å². The molecule has 9 heteroatoms. The van der Waals surface area contributed by atoms with Crippen molar-refractivity contribution >= 4 is 23.9 Å². The van der Waals surface area contributed by atoms with Crippen molar-refractivity contribution in [2.24, 2.45) is 0 Å². The lowest BCUT2D eigenvalue weighted by molar-refractivity contribution is -0.274. The molecule has 1 saturated heterocycles. The van der Waals surface area contributed by atoms with E-state index >= 15 is 0 Å². The number of amides is 3. The predicted molar refractivity (Wildman–Crippen MR) is 86.9 cm³/mol. The Morgan fingerprint density at radius 2 is 1.80 bits per heavy atom. The first-order valence-electron chi connectivity index (χ1n) is 7.66. The van der Waals surface area contributed by atoms with Gasteiger partial charge in [0.25, 0.3) is 0 Å². The van der Waals surface area contributed by atoms with E-state index in [1.165, 1.54) is 33.5 Å². The summed E-state index contributed by atoms with van der Waals surface area (Å²) in [6.45, 7) is 5.84. The number of urea groups is 1. The van der Waals surface area contributed by atoms with Crippen LogP contribution >= 0.6 is 11.9 Å². The molecule has 3 amide bonds. The molecule has 0 atom stereocenters. The number of hydrogen-bond donors (Lipinski definition) is 0. The van der Waals surface area contributed by atoms with E-state index in [0.717, 1.165) is 11.9 Å². The number of rotatable bonds is 3. The smallest absolute Gasteiger partial charge is 0.406 e. The summed E-state index contributed by atoms with van der Waals surface area (Å²) in [6.07, 6.45) is -3.77. The minimum atomic E-state index is -4.75. The topological polar surface area (TPSA) is 49.9 Å². The molecule has 0 saturated carbocycles. The zero-order chi connectivity index (χ0) is 18.8. The van der Waals surface area contributed by atoms with E-state index in [1.54, 1.807) is 0 Å². The van der Waals surface area contributed by atoms with Gasteiger partial charge in [-0.25, -0.2) is 4.79 Å². The average molecular weight is 376 g/mol. The van der Waals surface area contributed by atoms with Crippen molar-refractivity contribution in [3.63, 3.8) is 0 Å². The quantitative estimate of drug-likeness (QED) is 0.732. The lowest BCUT2D eigenvalue weighted by Crippen LogP contribution is -2.48. The Morgan fingerprint density at radius 1 is 1.20 bits per heavy atom. The number of likely N-dealkylation sites (tertiary alicyclic amines) is 1. The number of imide groups is 1. The summed E-state index contributed by atoms with van der Waals surface area (Å²) in [5.74, 6) is -0.547. The zero-order valence-electron chi connectivity index (χ0n) is 14.1. The van der Waals surface area contributed by atoms with Crippen molar-refractivity contribution in [1.29, 1.82) is 0 Å². The van der Waals surface area contributed by atoms with Gasteiger partial charge >= 0.3 is 12.4 Å². The molecule has 0 radical (unpaired) electrons. The Labute approximate surface area is 148 Å². The highest BCUT2D eigenvalue weighted by molar-refractivity contribution is 7.97. The molecule has 0 N–H and O–H groups in total. The van der Waals surface area contributed by atoms with Gasteiger partial charge < -0.3 is 4.74 Å². The van der Waals surface area contributed by atoms with Gasteiger partial charge in [0.15, 0.2) is 0 Å². The molecule has 0 bridgehead atoms. The predicted octanol–water partition coefficient (Wildman–Crippen LogP) is 4.44. The molecular weight excluding hydrogens is 357 g/mol. The highest BCUT2D eigenvalue weighted by Gasteiger charge is 2.36. The lowest BCUT2D eigenvalue weighted by atomic mass is 10.1. The number of carbonyl (C=O) groups excluding carboxylic acids is 2. The Hall–Kier alpha value is -1.90. The maximum Gasteiger partial charge on any atom is 0.573 e. The van der Waals surface area contributed by atoms with Crippen LogP contribution in [0.15, 0.2) is 29.2 Å². The second kappa shape index (κ2) is 7.15. The van der Waals surface area contributed by atoms with Crippen LogP contribution in [-0.4, -0.2) is 39.6 Å². The molecule has 1 aromatic rings. The van der Waals surface area contributed by atoms with Crippen molar-refractivity contribution < 1.29 is 27.5 Å². The summed E-state index contributed by atoms with van der Waals surface area (Å²) < 4.78 is 41.9. The molecule has 0 spiro atoms. The average Bonchev–Trinajstić information content (AvgIpc) is 2.89. The second-order valence-electron chi connectivity index (χ2n) is 6.51. The first-order valence-corrected chi connectivity index (χ1v) is 8.43. The molecule has 138 valence electrons. The van der Waals surface area contributed by atoms with Gasteiger partial charge in [-0.15, -0.1) is 13.2 Å². The lowest BCUT2D eigenvalue weighted by Gasteiger charge is -2.36. The number of hydrogen-bond acceptors (Lipinski definition) is 4. The summed E-state index contributed by atoms with van der Waals surface area (Å²) in [5, 5.41) is 0. The molecule has 0 unspecified atom stereocenters. The van der Waals surface area contributed by atoms with Gasteiger partial charge in [-0.2, -0.15) is 0 Å². The van der Waals surface area contributed by atoms with Crippen LogP contribution in [0.3, 0.4) is 0 Å². The summed E-state index contributed by atoms with van der Waals surface area (Å²) in [7, 11) is 0. The van der Waals surface area contributed by atoms with E-state index in [9.17, 15) is 22.8 Å². The summed E-state index contributed by atoms with van der Waals surface area (Å²) in [5.41, 5.74) is -0.592. The third-order valence-corrected chi connectivity index (χ3v) is 4.71. The fourth-order valence-electron chi connectivity index (χ4n) is 2.23. The highest BCUT2D eigenvalue weighted by Crippen LogP contribution is 2.34. The molecule has 2 rings (SSSR count). The number of halogens is 3. The normalized spacial score (nSPS) is 15.4. The highest BCUT2D eigenvalue weighted by atomic mass is 32.2. The van der Waals surface area contributed by atoms with E-state index in [4.69, 9.17) is 0 Å². The summed E-state index contributed by atoms with van der Waals surface area (Å²) >= 11 is 1.07. The molecule has 0 aliphatic carbocycles. The van der Waals surface area contributed by atoms with Gasteiger partial charge in [-0.3, -0.25) is 14.0 Å². The van der Waals surface area contributed by atoms with E-state index in [2.05, 4.69) is 4.74 Å². The minimum absolute atomic E-state index is 0.214. The Morgan fingerprint density at radius 3 is 2.24 bits per heavy atom. The first kappa shape index (κ1) is 19.4. The van der Waals surface area contributed by atoms with Crippen molar-refractivity contribution in [3.8, 4) is 5.75 Å². The summed E-state index contributed by atoms with van der Waals surface area (Å²) in [4.78, 5) is 26.3. The van der Waals surface area contributed by atoms with Gasteiger partial charge in [0, 0.05) is 23.4 Å². The van der Waals surface area contributed by atoms with Gasteiger partial charge in [0.2, 0.25) is 5.91 Å². The van der Waals surface area contributed by atoms with Crippen LogP contribution in [0.1, 0.15) is 33.6 Å². The third kappa shape index (κ3) is 5.29. The molecule has 1 aliphatic rings. The minimum Gasteiger partial charge on any atom is -0.406 e. The fraction of sp³-hybridized carbons (Fsp3) is 0.500. The van der Waals surface area contributed by atoms with E-state index in [0.29, 0.717) is 24.3 Å². The van der Waals surface area contributed by atoms with Gasteiger partial charge in [0.05, 0.1) is 0 Å². The van der Waals surface area contributed by atoms with Gasteiger partial charge in [-0.1, -0.05) is 0 Å². The van der Waals surface area contributed by atoms with Crippen LogP contribution in [-0.2, 0) is 4.79 Å². The van der Waals surface area contributed by atoms with Crippen LogP contribution in [0.2, 0.25) is 0 Å². The number of nitrogens with zero attached hydrogens (tertiary/aromatic N) is 2. The van der Waals surface area contributed by atoms with Crippen LogP contribution in [0, 0.1) is 0 Å². The SMILES string of the molecule is CC(C)(C)N(Sc1ccc(OC(F)(F)F)cc1)C(=O)N1CCCC1=O.